The zero-order valence-corrected chi connectivity index (χ0v) is 8.82. The third-order valence-corrected chi connectivity index (χ3v) is 2.92. The zero-order chi connectivity index (χ0) is 10.1. The lowest BCUT2D eigenvalue weighted by molar-refractivity contribution is -0.117. The predicted octanol–water partition coefficient (Wildman–Crippen LogP) is 1.55. The van der Waals surface area contributed by atoms with E-state index < -0.39 is 0 Å². The van der Waals surface area contributed by atoms with Crippen LogP contribution in [0.2, 0.25) is 0 Å². The van der Waals surface area contributed by atoms with Crippen molar-refractivity contribution in [3.05, 3.63) is 12.0 Å². The summed E-state index contributed by atoms with van der Waals surface area (Å²) in [7, 11) is 0. The number of carbonyl (C=O) groups excluding carboxylic acids is 1. The van der Waals surface area contributed by atoms with Gasteiger partial charge in [0.2, 0.25) is 0 Å². The van der Waals surface area contributed by atoms with Crippen molar-refractivity contribution in [2.24, 2.45) is 5.92 Å². The molecule has 0 saturated carbocycles. The first kappa shape index (κ1) is 9.56. The third-order valence-electron chi connectivity index (χ3n) is 2.92. The maximum absolute atomic E-state index is 11.5. The standard InChI is InChI=1S/C11H17NO2/c1-8(2)10(13)6-11-12-5-3-4-9(12)7-14-11/h6,8-9H,3-5,7H2,1-2H3/b11-6-. The number of allylic oxidation sites excluding steroid dienone is 1. The van der Waals surface area contributed by atoms with Gasteiger partial charge in [0.15, 0.2) is 11.7 Å². The average Bonchev–Trinajstić information content (AvgIpc) is 2.69. The van der Waals surface area contributed by atoms with Crippen molar-refractivity contribution in [1.82, 2.24) is 4.90 Å². The Morgan fingerprint density at radius 2 is 2.43 bits per heavy atom. The molecular weight excluding hydrogens is 178 g/mol. The van der Waals surface area contributed by atoms with Crippen molar-refractivity contribution in [2.45, 2.75) is 32.7 Å². The van der Waals surface area contributed by atoms with E-state index in [0.717, 1.165) is 19.0 Å². The molecule has 2 heterocycles. The summed E-state index contributed by atoms with van der Waals surface area (Å²) >= 11 is 0. The first-order chi connectivity index (χ1) is 6.68. The van der Waals surface area contributed by atoms with E-state index in [9.17, 15) is 4.79 Å². The number of carbonyl (C=O) groups is 1. The van der Waals surface area contributed by atoms with E-state index in [1.54, 1.807) is 6.08 Å². The molecule has 0 aliphatic carbocycles. The molecule has 78 valence electrons. The molecule has 3 heteroatoms. The Labute approximate surface area is 84.7 Å². The van der Waals surface area contributed by atoms with Gasteiger partial charge in [-0.05, 0) is 12.8 Å². The molecule has 0 amide bonds. The molecule has 0 spiro atoms. The molecule has 2 aliphatic rings. The van der Waals surface area contributed by atoms with Gasteiger partial charge in [-0.1, -0.05) is 13.8 Å². The van der Waals surface area contributed by atoms with E-state index in [1.165, 1.54) is 12.8 Å². The van der Waals surface area contributed by atoms with Crippen molar-refractivity contribution in [3.63, 3.8) is 0 Å². The van der Waals surface area contributed by atoms with Crippen molar-refractivity contribution in [1.29, 1.82) is 0 Å². The molecule has 0 aromatic heterocycles. The molecule has 1 unspecified atom stereocenters. The van der Waals surface area contributed by atoms with Crippen LogP contribution in [0.4, 0.5) is 0 Å². The van der Waals surface area contributed by atoms with Gasteiger partial charge in [0, 0.05) is 18.5 Å². The third kappa shape index (κ3) is 1.63. The van der Waals surface area contributed by atoms with Crippen LogP contribution in [0.3, 0.4) is 0 Å². The Balaban J connectivity index is 2.08. The molecule has 0 aromatic carbocycles. The number of ether oxygens (including phenoxy) is 1. The minimum atomic E-state index is 0.0627. The number of rotatable bonds is 2. The monoisotopic (exact) mass is 195 g/mol. The highest BCUT2D eigenvalue weighted by molar-refractivity contribution is 5.91. The second kappa shape index (κ2) is 3.64. The van der Waals surface area contributed by atoms with Gasteiger partial charge in [-0.3, -0.25) is 4.79 Å². The zero-order valence-electron chi connectivity index (χ0n) is 8.82. The van der Waals surface area contributed by atoms with Gasteiger partial charge < -0.3 is 9.64 Å². The highest BCUT2D eigenvalue weighted by Gasteiger charge is 2.33. The van der Waals surface area contributed by atoms with Crippen LogP contribution in [0.5, 0.6) is 0 Å². The maximum Gasteiger partial charge on any atom is 0.193 e. The second-order valence-electron chi connectivity index (χ2n) is 4.34. The smallest absolute Gasteiger partial charge is 0.193 e. The first-order valence-electron chi connectivity index (χ1n) is 5.33. The van der Waals surface area contributed by atoms with Crippen molar-refractivity contribution in [3.8, 4) is 0 Å². The van der Waals surface area contributed by atoms with E-state index in [-0.39, 0.29) is 11.7 Å². The Kier molecular flexibility index (Phi) is 2.48. The molecule has 14 heavy (non-hydrogen) atoms. The van der Waals surface area contributed by atoms with Gasteiger partial charge in [-0.25, -0.2) is 0 Å². The minimum absolute atomic E-state index is 0.0627. The fourth-order valence-corrected chi connectivity index (χ4v) is 1.98. The second-order valence-corrected chi connectivity index (χ2v) is 4.34. The van der Waals surface area contributed by atoms with Crippen molar-refractivity contribution < 1.29 is 9.53 Å². The number of ketones is 1. The number of hydrogen-bond acceptors (Lipinski definition) is 3. The Morgan fingerprint density at radius 3 is 3.14 bits per heavy atom. The molecule has 0 aromatic rings. The van der Waals surface area contributed by atoms with Crippen LogP contribution < -0.4 is 0 Å². The van der Waals surface area contributed by atoms with Crippen LogP contribution in [-0.2, 0) is 9.53 Å². The van der Waals surface area contributed by atoms with Crippen LogP contribution in [0.15, 0.2) is 12.0 Å². The summed E-state index contributed by atoms with van der Waals surface area (Å²) in [5, 5.41) is 0. The lowest BCUT2D eigenvalue weighted by Gasteiger charge is -2.15. The fourth-order valence-electron chi connectivity index (χ4n) is 1.98. The summed E-state index contributed by atoms with van der Waals surface area (Å²) in [6, 6.07) is 0.529. The van der Waals surface area contributed by atoms with E-state index in [4.69, 9.17) is 4.74 Å². The van der Waals surface area contributed by atoms with Crippen LogP contribution in [0.25, 0.3) is 0 Å². The fraction of sp³-hybridized carbons (Fsp3) is 0.727. The minimum Gasteiger partial charge on any atom is -0.477 e. The molecule has 0 N–H and O–H groups in total. The summed E-state index contributed by atoms with van der Waals surface area (Å²) in [6.45, 7) is 5.63. The Bertz CT molecular complexity index is 270. The summed E-state index contributed by atoms with van der Waals surface area (Å²) < 4.78 is 5.51. The Hall–Kier alpha value is -0.990. The van der Waals surface area contributed by atoms with Crippen molar-refractivity contribution >= 4 is 5.78 Å². The summed E-state index contributed by atoms with van der Waals surface area (Å²) in [5.74, 6) is 1.02. The average molecular weight is 195 g/mol. The first-order valence-corrected chi connectivity index (χ1v) is 5.33. The highest BCUT2D eigenvalue weighted by Crippen LogP contribution is 2.29. The van der Waals surface area contributed by atoms with Crippen LogP contribution in [-0.4, -0.2) is 29.9 Å². The van der Waals surface area contributed by atoms with Crippen LogP contribution in [0, 0.1) is 5.92 Å². The molecule has 2 saturated heterocycles. The van der Waals surface area contributed by atoms with Crippen molar-refractivity contribution in [2.75, 3.05) is 13.2 Å². The lowest BCUT2D eigenvalue weighted by Crippen LogP contribution is -2.23. The predicted molar refractivity (Wildman–Crippen MR) is 53.6 cm³/mol. The topological polar surface area (TPSA) is 29.5 Å². The molecule has 3 nitrogen and oxygen atoms in total. The van der Waals surface area contributed by atoms with E-state index in [2.05, 4.69) is 4.90 Å². The summed E-state index contributed by atoms with van der Waals surface area (Å²) in [5.41, 5.74) is 0. The van der Waals surface area contributed by atoms with Gasteiger partial charge in [0.25, 0.3) is 0 Å². The van der Waals surface area contributed by atoms with E-state index in [0.29, 0.717) is 6.04 Å². The number of hydrogen-bond donors (Lipinski definition) is 0. The number of fused-ring (bicyclic) bond motifs is 1. The quantitative estimate of drug-likeness (QED) is 0.626. The van der Waals surface area contributed by atoms with Gasteiger partial charge in [0.1, 0.15) is 6.61 Å². The normalized spacial score (nSPS) is 28.4. The van der Waals surface area contributed by atoms with Crippen LogP contribution >= 0.6 is 0 Å². The van der Waals surface area contributed by atoms with E-state index in [1.807, 2.05) is 13.8 Å². The molecule has 2 rings (SSSR count). The van der Waals surface area contributed by atoms with Gasteiger partial charge in [0.05, 0.1) is 6.04 Å². The van der Waals surface area contributed by atoms with Gasteiger partial charge in [-0.15, -0.1) is 0 Å². The molecule has 2 aliphatic heterocycles. The van der Waals surface area contributed by atoms with E-state index >= 15 is 0 Å². The van der Waals surface area contributed by atoms with Gasteiger partial charge >= 0.3 is 0 Å². The molecule has 0 bridgehead atoms. The summed E-state index contributed by atoms with van der Waals surface area (Å²) in [4.78, 5) is 13.7. The molecule has 2 fully saturated rings. The SMILES string of the molecule is CC(C)C(=O)/C=C1\OCC2CCCN12. The molecule has 1 atom stereocenters. The maximum atomic E-state index is 11.5. The summed E-state index contributed by atoms with van der Waals surface area (Å²) in [6.07, 6.45) is 4.09. The lowest BCUT2D eigenvalue weighted by atomic mass is 10.1. The number of nitrogens with zero attached hydrogens (tertiary/aromatic N) is 1. The largest absolute Gasteiger partial charge is 0.477 e. The Morgan fingerprint density at radius 1 is 1.64 bits per heavy atom. The molecule has 0 radical (unpaired) electrons. The highest BCUT2D eigenvalue weighted by atomic mass is 16.5. The van der Waals surface area contributed by atoms with Gasteiger partial charge in [-0.2, -0.15) is 0 Å². The molecular formula is C11H17NO2. The van der Waals surface area contributed by atoms with Crippen LogP contribution in [0.1, 0.15) is 26.7 Å².